The van der Waals surface area contributed by atoms with Gasteiger partial charge in [-0.15, -0.1) is 10.2 Å². The number of rotatable bonds is 8. The number of thioether (sulfide) groups is 1. The molecule has 4 aromatic rings. The van der Waals surface area contributed by atoms with E-state index >= 15 is 0 Å². The summed E-state index contributed by atoms with van der Waals surface area (Å²) in [5.74, 6) is 0.748. The Morgan fingerprint density at radius 2 is 2.00 bits per heavy atom. The van der Waals surface area contributed by atoms with Gasteiger partial charge in [0.15, 0.2) is 11.8 Å². The molecule has 0 saturated carbocycles. The molecule has 33 heavy (non-hydrogen) atoms. The van der Waals surface area contributed by atoms with Gasteiger partial charge in [-0.1, -0.05) is 72.7 Å². The lowest BCUT2D eigenvalue weighted by molar-refractivity contribution is -0.142. The Kier molecular flexibility index (Phi) is 7.10. The van der Waals surface area contributed by atoms with Crippen molar-refractivity contribution in [2.24, 2.45) is 0 Å². The third kappa shape index (κ3) is 5.61. The number of carbonyl (C=O) groups excluding carboxylic acids is 1. The molecule has 10 heteroatoms. The van der Waals surface area contributed by atoms with Crippen molar-refractivity contribution >= 4 is 29.3 Å². The van der Waals surface area contributed by atoms with Crippen molar-refractivity contribution in [2.75, 3.05) is 5.75 Å². The van der Waals surface area contributed by atoms with Crippen LogP contribution in [0.1, 0.15) is 36.8 Å². The molecule has 2 aromatic heterocycles. The van der Waals surface area contributed by atoms with Gasteiger partial charge in [0.05, 0.1) is 11.4 Å². The van der Waals surface area contributed by atoms with E-state index in [1.807, 2.05) is 49.4 Å². The van der Waals surface area contributed by atoms with E-state index in [0.717, 1.165) is 16.8 Å². The van der Waals surface area contributed by atoms with Crippen molar-refractivity contribution in [1.82, 2.24) is 24.9 Å². The van der Waals surface area contributed by atoms with Gasteiger partial charge in [0.1, 0.15) is 6.33 Å². The number of esters is 1. The Morgan fingerprint density at radius 1 is 1.21 bits per heavy atom. The summed E-state index contributed by atoms with van der Waals surface area (Å²) in [6.07, 6.45) is 1.57. The zero-order valence-electron chi connectivity index (χ0n) is 18.4. The van der Waals surface area contributed by atoms with Crippen LogP contribution in [0.15, 0.2) is 58.5 Å². The molecule has 0 radical (unpaired) electrons. The van der Waals surface area contributed by atoms with Crippen molar-refractivity contribution in [2.45, 2.75) is 38.5 Å². The van der Waals surface area contributed by atoms with Crippen molar-refractivity contribution in [1.29, 1.82) is 0 Å². The smallest absolute Gasteiger partial charge is 0.316 e. The highest BCUT2D eigenvalue weighted by Gasteiger charge is 2.14. The first-order valence-corrected chi connectivity index (χ1v) is 11.6. The van der Waals surface area contributed by atoms with E-state index in [1.165, 1.54) is 17.3 Å². The molecule has 2 aromatic carbocycles. The molecule has 4 rings (SSSR count). The molecule has 0 atom stereocenters. The summed E-state index contributed by atoms with van der Waals surface area (Å²) in [6, 6.07) is 13.6. The summed E-state index contributed by atoms with van der Waals surface area (Å²) < 4.78 is 12.2. The maximum atomic E-state index is 12.2. The number of hydrogen-bond donors (Lipinski definition) is 0. The number of carbonyl (C=O) groups is 1. The molecule has 0 bridgehead atoms. The van der Waals surface area contributed by atoms with Crippen LogP contribution >= 0.6 is 23.4 Å². The maximum Gasteiger partial charge on any atom is 0.316 e. The summed E-state index contributed by atoms with van der Waals surface area (Å²) in [4.78, 5) is 16.5. The van der Waals surface area contributed by atoms with Gasteiger partial charge in [-0.25, -0.2) is 0 Å². The van der Waals surface area contributed by atoms with Crippen LogP contribution in [0, 0.1) is 6.92 Å². The van der Waals surface area contributed by atoms with Crippen molar-refractivity contribution in [3.05, 3.63) is 70.8 Å². The number of aryl methyl sites for hydroxylation is 1. The minimum absolute atomic E-state index is 0.0515. The molecule has 0 spiro atoms. The van der Waals surface area contributed by atoms with E-state index in [9.17, 15) is 4.79 Å². The van der Waals surface area contributed by atoms with Gasteiger partial charge >= 0.3 is 5.97 Å². The lowest BCUT2D eigenvalue weighted by Crippen LogP contribution is -2.08. The monoisotopic (exact) mass is 483 g/mol. The number of ether oxygens (including phenoxy) is 1. The molecule has 0 amide bonds. The van der Waals surface area contributed by atoms with E-state index in [4.69, 9.17) is 20.9 Å². The lowest BCUT2D eigenvalue weighted by atomic mass is 10.0. The largest absolute Gasteiger partial charge is 0.455 e. The molecule has 0 aliphatic carbocycles. The first-order chi connectivity index (χ1) is 15.9. The third-order valence-electron chi connectivity index (χ3n) is 4.93. The average Bonchev–Trinajstić information content (AvgIpc) is 3.48. The number of halogens is 1. The average molecular weight is 484 g/mol. The molecule has 0 aliphatic heterocycles. The van der Waals surface area contributed by atoms with Gasteiger partial charge in [-0.2, -0.15) is 4.98 Å². The normalized spacial score (nSPS) is 11.2. The van der Waals surface area contributed by atoms with Gasteiger partial charge in [-0.3, -0.25) is 9.36 Å². The van der Waals surface area contributed by atoms with Crippen molar-refractivity contribution in [3.8, 4) is 17.1 Å². The lowest BCUT2D eigenvalue weighted by Gasteiger charge is -2.07. The summed E-state index contributed by atoms with van der Waals surface area (Å²) in [7, 11) is 0. The van der Waals surface area contributed by atoms with Crippen molar-refractivity contribution in [3.63, 3.8) is 0 Å². The predicted octanol–water partition coefficient (Wildman–Crippen LogP) is 5.24. The van der Waals surface area contributed by atoms with Crippen LogP contribution in [-0.4, -0.2) is 36.6 Å². The summed E-state index contributed by atoms with van der Waals surface area (Å²) >= 11 is 7.43. The van der Waals surface area contributed by atoms with Gasteiger partial charge < -0.3 is 9.26 Å². The Morgan fingerprint density at radius 3 is 2.73 bits per heavy atom. The standard InChI is InChI=1S/C23H22ClN5O3S/c1-14(2)16-5-7-17(8-6-16)22-26-20(32-28-22)11-31-21(30)12-33-23-27-25-13-29(23)18-9-4-15(3)19(24)10-18/h4-10,13-14H,11-12H2,1-3H3. The van der Waals surface area contributed by atoms with Gasteiger partial charge in [0.25, 0.3) is 5.89 Å². The molecule has 0 unspecified atom stereocenters. The third-order valence-corrected chi connectivity index (χ3v) is 6.25. The fourth-order valence-electron chi connectivity index (χ4n) is 2.99. The Bertz CT molecular complexity index is 1250. The van der Waals surface area contributed by atoms with Crippen LogP contribution in [0.2, 0.25) is 5.02 Å². The van der Waals surface area contributed by atoms with Crippen LogP contribution in [0.5, 0.6) is 0 Å². The Hall–Kier alpha value is -3.17. The van der Waals surface area contributed by atoms with Gasteiger partial charge in [0.2, 0.25) is 5.82 Å². The van der Waals surface area contributed by atoms with Crippen LogP contribution < -0.4 is 0 Å². The van der Waals surface area contributed by atoms with E-state index < -0.39 is 5.97 Å². The number of hydrogen-bond acceptors (Lipinski definition) is 8. The van der Waals surface area contributed by atoms with E-state index in [0.29, 0.717) is 21.9 Å². The van der Waals surface area contributed by atoms with Crippen LogP contribution in [0.4, 0.5) is 0 Å². The second-order valence-corrected chi connectivity index (χ2v) is 9.00. The van der Waals surface area contributed by atoms with Crippen LogP contribution in [0.25, 0.3) is 17.1 Å². The summed E-state index contributed by atoms with van der Waals surface area (Å²) in [5.41, 5.74) is 3.86. The predicted molar refractivity (Wildman–Crippen MR) is 125 cm³/mol. The molecule has 8 nitrogen and oxygen atoms in total. The number of benzene rings is 2. The highest BCUT2D eigenvalue weighted by molar-refractivity contribution is 7.99. The van der Waals surface area contributed by atoms with Crippen LogP contribution in [0.3, 0.4) is 0 Å². The minimum Gasteiger partial charge on any atom is -0.455 e. The SMILES string of the molecule is Cc1ccc(-n2cnnc2SCC(=O)OCc2nc(-c3ccc(C(C)C)cc3)no2)cc1Cl. The highest BCUT2D eigenvalue weighted by Crippen LogP contribution is 2.24. The molecule has 2 heterocycles. The topological polar surface area (TPSA) is 95.9 Å². The molecule has 0 saturated heterocycles. The van der Waals surface area contributed by atoms with Crippen LogP contribution in [-0.2, 0) is 16.1 Å². The quantitative estimate of drug-likeness (QED) is 0.248. The number of aromatic nitrogens is 5. The van der Waals surface area contributed by atoms with E-state index in [-0.39, 0.29) is 18.3 Å². The van der Waals surface area contributed by atoms with Crippen molar-refractivity contribution < 1.29 is 14.1 Å². The first-order valence-electron chi connectivity index (χ1n) is 10.3. The molecule has 0 aliphatic rings. The summed E-state index contributed by atoms with van der Waals surface area (Å²) in [5, 5.41) is 13.2. The molecule has 170 valence electrons. The second kappa shape index (κ2) is 10.2. The maximum absolute atomic E-state index is 12.2. The molecule has 0 N–H and O–H groups in total. The molecular weight excluding hydrogens is 462 g/mol. The zero-order valence-corrected chi connectivity index (χ0v) is 19.9. The van der Waals surface area contributed by atoms with Gasteiger partial charge in [-0.05, 0) is 36.1 Å². The van der Waals surface area contributed by atoms with E-state index in [1.54, 1.807) is 10.9 Å². The fraction of sp³-hybridized carbons (Fsp3) is 0.261. The Balaban J connectivity index is 1.31. The summed E-state index contributed by atoms with van der Waals surface area (Å²) in [6.45, 7) is 6.10. The number of nitrogens with zero attached hydrogens (tertiary/aromatic N) is 5. The zero-order chi connectivity index (χ0) is 23.4. The molecular formula is C23H22ClN5O3S. The van der Waals surface area contributed by atoms with E-state index in [2.05, 4.69) is 34.2 Å². The first kappa shape index (κ1) is 23.0. The fourth-order valence-corrected chi connectivity index (χ4v) is 3.89. The highest BCUT2D eigenvalue weighted by atomic mass is 35.5. The Labute approximate surface area is 200 Å². The molecule has 0 fully saturated rings. The second-order valence-electron chi connectivity index (χ2n) is 7.65. The minimum atomic E-state index is -0.433. The van der Waals surface area contributed by atoms with Gasteiger partial charge in [0, 0.05) is 10.6 Å².